The predicted octanol–water partition coefficient (Wildman–Crippen LogP) is 9.99. The molecular formula is C16H2F33N. The van der Waals surface area contributed by atoms with Crippen molar-refractivity contribution in [1.82, 2.24) is 0 Å². The number of alkyl halides is 33. The maximum Gasteiger partial charge on any atom is 0.460 e. The lowest BCUT2D eigenvalue weighted by molar-refractivity contribution is -0.491. The van der Waals surface area contributed by atoms with E-state index in [2.05, 4.69) is 5.73 Å². The van der Waals surface area contributed by atoms with Gasteiger partial charge in [-0.2, -0.15) is 145 Å². The van der Waals surface area contributed by atoms with Crippen molar-refractivity contribution in [3.63, 3.8) is 0 Å². The standard InChI is InChI=1S/C16H2F33N/c17-1(18,3(21,22)5(25,26)7(29,30)9(33,34)11(37,38)13(41,42)15(45,46)47)2(19,20)4(23,24)6(27,28)8(31,32)10(35,36)12(39,40)14(43,44)16(48,49)50/h50H2. The molecule has 0 saturated heterocycles. The van der Waals surface area contributed by atoms with E-state index in [0.29, 0.717) is 0 Å². The maximum absolute atomic E-state index is 13.7. The van der Waals surface area contributed by atoms with Gasteiger partial charge in [0.05, 0.1) is 0 Å². The van der Waals surface area contributed by atoms with Crippen molar-refractivity contribution in [3.05, 3.63) is 0 Å². The Labute approximate surface area is 247 Å². The molecule has 0 heterocycles. The van der Waals surface area contributed by atoms with Gasteiger partial charge in [0.15, 0.2) is 0 Å². The van der Waals surface area contributed by atoms with Gasteiger partial charge >= 0.3 is 95.1 Å². The Bertz CT molecular complexity index is 1150. The molecule has 0 spiro atoms. The topological polar surface area (TPSA) is 26.0 Å². The Kier molecular flexibility index (Phi) is 10.6. The molecule has 0 aromatic heterocycles. The zero-order chi connectivity index (χ0) is 42.0. The van der Waals surface area contributed by atoms with E-state index in [4.69, 9.17) is 0 Å². The lowest BCUT2D eigenvalue weighted by atomic mass is 9.83. The fraction of sp³-hybridized carbons (Fsp3) is 1.00. The van der Waals surface area contributed by atoms with E-state index in [1.54, 1.807) is 0 Å². The average Bonchev–Trinajstić information content (AvgIpc) is 2.85. The third-order valence-electron chi connectivity index (χ3n) is 5.90. The first-order valence-electron chi connectivity index (χ1n) is 10.3. The summed E-state index contributed by atoms with van der Waals surface area (Å²) in [4.78, 5) is 0. The first-order valence-corrected chi connectivity index (χ1v) is 10.3. The van der Waals surface area contributed by atoms with E-state index in [1.165, 1.54) is 0 Å². The van der Waals surface area contributed by atoms with Gasteiger partial charge in [0.1, 0.15) is 0 Å². The van der Waals surface area contributed by atoms with Gasteiger partial charge in [-0.1, -0.05) is 0 Å². The molecule has 0 aromatic rings. The van der Waals surface area contributed by atoms with E-state index in [1.807, 2.05) is 0 Å². The van der Waals surface area contributed by atoms with Crippen LogP contribution < -0.4 is 5.73 Å². The minimum Gasteiger partial charge on any atom is -0.267 e. The molecule has 50 heavy (non-hydrogen) atoms. The number of halogens is 33. The molecule has 0 aromatic carbocycles. The zero-order valence-electron chi connectivity index (χ0n) is 21.1. The normalized spacial score (nSPS) is 17.4. The van der Waals surface area contributed by atoms with Crippen LogP contribution in [-0.4, -0.2) is 95.1 Å². The molecule has 302 valence electrons. The molecule has 0 fully saturated rings. The summed E-state index contributed by atoms with van der Waals surface area (Å²) < 4.78 is 437. The third kappa shape index (κ3) is 5.17. The summed E-state index contributed by atoms with van der Waals surface area (Å²) in [5, 5.41) is 0. The second kappa shape index (κ2) is 11.1. The second-order valence-electron chi connectivity index (χ2n) is 9.16. The largest absolute Gasteiger partial charge is 0.460 e. The molecule has 0 aliphatic rings. The molecule has 2 N–H and O–H groups in total. The Hall–Kier alpha value is -2.35. The van der Waals surface area contributed by atoms with Gasteiger partial charge in [0.25, 0.3) is 0 Å². The highest BCUT2D eigenvalue weighted by Gasteiger charge is 3.01. The lowest BCUT2D eigenvalue weighted by Crippen LogP contribution is -2.80. The van der Waals surface area contributed by atoms with Crippen molar-refractivity contribution in [3.8, 4) is 0 Å². The van der Waals surface area contributed by atoms with Crippen molar-refractivity contribution in [1.29, 1.82) is 0 Å². The summed E-state index contributed by atoms with van der Waals surface area (Å²) in [7, 11) is 0. The SMILES string of the molecule is NC(F)(F)C(F)(F)C(F)(F)C(F)(F)C(F)(F)C(F)(F)C(F)(F)C(F)(F)C(F)(F)C(F)(F)C(F)(F)C(F)(F)C(F)(F)C(F)(F)C(F)(F)C(F)(F)F. The van der Waals surface area contributed by atoms with Crippen molar-refractivity contribution >= 4 is 0 Å². The molecule has 1 nitrogen and oxygen atoms in total. The van der Waals surface area contributed by atoms with Crippen LogP contribution in [0.1, 0.15) is 0 Å². The predicted molar refractivity (Wildman–Crippen MR) is 84.4 cm³/mol. The Morgan fingerprint density at radius 1 is 0.160 bits per heavy atom. The fourth-order valence-electron chi connectivity index (χ4n) is 2.75. The van der Waals surface area contributed by atoms with Crippen LogP contribution in [0.2, 0.25) is 0 Å². The highest BCUT2D eigenvalue weighted by Crippen LogP contribution is 2.69. The summed E-state index contributed by atoms with van der Waals surface area (Å²) in [5.74, 6) is -136. The van der Waals surface area contributed by atoms with Crippen LogP contribution in [0.4, 0.5) is 145 Å². The summed E-state index contributed by atoms with van der Waals surface area (Å²) in [6.07, 6.45) is -8.38. The lowest BCUT2D eigenvalue weighted by Gasteiger charge is -2.46. The van der Waals surface area contributed by atoms with Gasteiger partial charge in [0, 0.05) is 0 Å². The fourth-order valence-corrected chi connectivity index (χ4v) is 2.75. The molecule has 0 radical (unpaired) electrons. The van der Waals surface area contributed by atoms with Crippen LogP contribution in [0.5, 0.6) is 0 Å². The van der Waals surface area contributed by atoms with Crippen molar-refractivity contribution in [2.45, 2.75) is 95.1 Å². The molecule has 0 saturated carbocycles. The summed E-state index contributed by atoms with van der Waals surface area (Å²) in [5.41, 5.74) is 2.88. The van der Waals surface area contributed by atoms with Crippen LogP contribution in [0.3, 0.4) is 0 Å². The van der Waals surface area contributed by atoms with Crippen molar-refractivity contribution in [2.75, 3.05) is 0 Å². The van der Waals surface area contributed by atoms with Gasteiger partial charge in [-0.05, 0) is 0 Å². The molecule has 0 unspecified atom stereocenters. The highest BCUT2D eigenvalue weighted by molar-refractivity contribution is 5.22. The molecule has 0 aliphatic carbocycles. The van der Waals surface area contributed by atoms with Crippen molar-refractivity contribution in [2.24, 2.45) is 5.73 Å². The van der Waals surface area contributed by atoms with Gasteiger partial charge in [0.2, 0.25) is 0 Å². The molecule has 0 atom stereocenters. The van der Waals surface area contributed by atoms with E-state index < -0.39 is 95.1 Å². The molecule has 0 bridgehead atoms. The van der Waals surface area contributed by atoms with E-state index >= 15 is 0 Å². The van der Waals surface area contributed by atoms with Crippen LogP contribution in [0, 0.1) is 0 Å². The van der Waals surface area contributed by atoms with Gasteiger partial charge in [-0.15, -0.1) is 0 Å². The third-order valence-corrected chi connectivity index (χ3v) is 5.90. The summed E-state index contributed by atoms with van der Waals surface area (Å²) in [6, 6.07) is -7.40. The minimum atomic E-state index is -10.2. The van der Waals surface area contributed by atoms with E-state index in [0.717, 1.165) is 0 Å². The Morgan fingerprint density at radius 3 is 0.360 bits per heavy atom. The number of rotatable bonds is 14. The molecule has 34 heteroatoms. The molecule has 0 rings (SSSR count). The monoisotopic (exact) mass is 835 g/mol. The van der Waals surface area contributed by atoms with Gasteiger partial charge < -0.3 is 0 Å². The molecular weight excluding hydrogens is 833 g/mol. The zero-order valence-corrected chi connectivity index (χ0v) is 21.1. The number of hydrogen-bond acceptors (Lipinski definition) is 1. The Morgan fingerprint density at radius 2 is 0.260 bits per heavy atom. The maximum atomic E-state index is 13.7. The highest BCUT2D eigenvalue weighted by atomic mass is 19.4. The van der Waals surface area contributed by atoms with Crippen LogP contribution in [0.15, 0.2) is 0 Å². The van der Waals surface area contributed by atoms with Crippen LogP contribution >= 0.6 is 0 Å². The molecule has 0 aliphatic heterocycles. The van der Waals surface area contributed by atoms with Gasteiger partial charge in [-0.3, -0.25) is 5.73 Å². The average molecular weight is 835 g/mol. The minimum absolute atomic E-state index is 2.88. The quantitative estimate of drug-likeness (QED) is 0.137. The van der Waals surface area contributed by atoms with Crippen LogP contribution in [-0.2, 0) is 0 Å². The smallest absolute Gasteiger partial charge is 0.267 e. The van der Waals surface area contributed by atoms with Gasteiger partial charge in [-0.25, -0.2) is 0 Å². The van der Waals surface area contributed by atoms with Crippen molar-refractivity contribution < 1.29 is 145 Å². The second-order valence-corrected chi connectivity index (χ2v) is 9.16. The number of nitrogens with two attached hydrogens (primary N) is 1. The van der Waals surface area contributed by atoms with Crippen LogP contribution in [0.25, 0.3) is 0 Å². The summed E-state index contributed by atoms with van der Waals surface area (Å²) >= 11 is 0. The summed E-state index contributed by atoms with van der Waals surface area (Å²) in [6.45, 7) is 0. The number of hydrogen-bond donors (Lipinski definition) is 1. The first-order chi connectivity index (χ1) is 20.8. The Balaban J connectivity index is 7.70. The molecule has 0 amide bonds. The first kappa shape index (κ1) is 47.7. The van der Waals surface area contributed by atoms with E-state index in [9.17, 15) is 145 Å². The van der Waals surface area contributed by atoms with E-state index in [-0.39, 0.29) is 0 Å².